The molecule has 0 radical (unpaired) electrons. The molecular formula is C13H18ClNO3. The normalized spacial score (nSPS) is 11.3. The van der Waals surface area contributed by atoms with Gasteiger partial charge in [0, 0.05) is 11.9 Å². The van der Waals surface area contributed by atoms with Crippen LogP contribution in [0.15, 0.2) is 18.2 Å². The van der Waals surface area contributed by atoms with Crippen LogP contribution in [0.25, 0.3) is 0 Å². The molecule has 0 aliphatic carbocycles. The molecule has 1 aromatic rings. The maximum atomic E-state index is 10.9. The summed E-state index contributed by atoms with van der Waals surface area (Å²) in [7, 11) is 0. The molecule has 0 fully saturated rings. The van der Waals surface area contributed by atoms with Crippen molar-refractivity contribution in [2.75, 3.05) is 6.61 Å². The number of halogens is 1. The number of hydrogen-bond acceptors (Lipinski definition) is 3. The largest absolute Gasteiger partial charge is 0.487 e. The minimum atomic E-state index is -0.440. The summed E-state index contributed by atoms with van der Waals surface area (Å²) in [5.41, 5.74) is 0.935. The van der Waals surface area contributed by atoms with Crippen molar-refractivity contribution in [3.63, 3.8) is 0 Å². The summed E-state index contributed by atoms with van der Waals surface area (Å²) in [4.78, 5) is 10.4. The molecule has 18 heavy (non-hydrogen) atoms. The molecule has 0 saturated heterocycles. The summed E-state index contributed by atoms with van der Waals surface area (Å²) in [5.74, 6) is 0.607. The smallest absolute Gasteiger partial charge is 0.310 e. The molecule has 0 heterocycles. The summed E-state index contributed by atoms with van der Waals surface area (Å²) >= 11 is 5.71. The molecule has 0 aliphatic heterocycles. The first kappa shape index (κ1) is 14.8. The van der Waals surface area contributed by atoms with Crippen molar-refractivity contribution in [1.29, 1.82) is 0 Å². The molecule has 0 aliphatic rings. The molecule has 0 aromatic heterocycles. The Morgan fingerprint density at radius 1 is 1.39 bits per heavy atom. The van der Waals surface area contributed by atoms with Gasteiger partial charge >= 0.3 is 5.69 Å². The first-order chi connectivity index (χ1) is 8.33. The molecule has 1 rings (SSSR count). The maximum Gasteiger partial charge on any atom is 0.310 e. The number of nitrogens with zero attached hydrogens (tertiary/aromatic N) is 1. The zero-order valence-electron chi connectivity index (χ0n) is 10.9. The Morgan fingerprint density at radius 3 is 2.56 bits per heavy atom. The van der Waals surface area contributed by atoms with Crippen molar-refractivity contribution < 1.29 is 9.66 Å². The zero-order chi connectivity index (χ0) is 13.8. The highest BCUT2D eigenvalue weighted by Crippen LogP contribution is 2.29. The van der Waals surface area contributed by atoms with Crippen LogP contribution in [-0.2, 0) is 5.88 Å². The van der Waals surface area contributed by atoms with E-state index in [1.165, 1.54) is 6.07 Å². The summed E-state index contributed by atoms with van der Waals surface area (Å²) in [6.45, 7) is 6.75. The lowest BCUT2D eigenvalue weighted by molar-refractivity contribution is -0.385. The van der Waals surface area contributed by atoms with Crippen LogP contribution in [0.4, 0.5) is 5.69 Å². The molecule has 100 valence electrons. The quantitative estimate of drug-likeness (QED) is 0.459. The lowest BCUT2D eigenvalue weighted by Crippen LogP contribution is -2.11. The molecule has 0 N–H and O–H groups in total. The van der Waals surface area contributed by atoms with Crippen LogP contribution >= 0.6 is 11.6 Å². The Morgan fingerprint density at radius 2 is 2.06 bits per heavy atom. The number of nitro benzene ring substituents is 1. The molecule has 4 nitrogen and oxygen atoms in total. The van der Waals surface area contributed by atoms with Gasteiger partial charge in [-0.25, -0.2) is 0 Å². The number of rotatable bonds is 5. The highest BCUT2D eigenvalue weighted by atomic mass is 35.5. The summed E-state index contributed by atoms with van der Waals surface area (Å²) < 4.78 is 5.52. The predicted molar refractivity (Wildman–Crippen MR) is 72.2 cm³/mol. The second-order valence-electron chi connectivity index (χ2n) is 5.35. The first-order valence-corrected chi connectivity index (χ1v) is 6.33. The number of alkyl halides is 1. The monoisotopic (exact) mass is 271 g/mol. The molecule has 1 aromatic carbocycles. The summed E-state index contributed by atoms with van der Waals surface area (Å²) in [6, 6.07) is 4.71. The van der Waals surface area contributed by atoms with Crippen molar-refractivity contribution in [1.82, 2.24) is 0 Å². The third-order valence-corrected chi connectivity index (χ3v) is 2.79. The Balaban J connectivity index is 2.81. The van der Waals surface area contributed by atoms with E-state index >= 15 is 0 Å². The van der Waals surface area contributed by atoms with E-state index in [-0.39, 0.29) is 11.1 Å². The van der Waals surface area contributed by atoms with E-state index in [0.717, 1.165) is 12.0 Å². The van der Waals surface area contributed by atoms with Crippen LogP contribution in [0, 0.1) is 15.5 Å². The van der Waals surface area contributed by atoms with E-state index in [9.17, 15) is 10.1 Å². The van der Waals surface area contributed by atoms with Gasteiger partial charge in [-0.3, -0.25) is 10.1 Å². The van der Waals surface area contributed by atoms with Gasteiger partial charge < -0.3 is 4.74 Å². The standard InChI is InChI=1S/C13H18ClNO3/c1-13(2,3)6-7-18-12-8-10(9-14)4-5-11(12)15(16)17/h4-5,8H,6-7,9H2,1-3H3. The van der Waals surface area contributed by atoms with Gasteiger partial charge in [0.25, 0.3) is 0 Å². The molecule has 5 heteroatoms. The highest BCUT2D eigenvalue weighted by molar-refractivity contribution is 6.17. The van der Waals surface area contributed by atoms with Crippen molar-refractivity contribution in [2.24, 2.45) is 5.41 Å². The third-order valence-electron chi connectivity index (χ3n) is 2.48. The third kappa shape index (κ3) is 4.53. The van der Waals surface area contributed by atoms with Crippen LogP contribution < -0.4 is 4.74 Å². The Kier molecular flexibility index (Phi) is 4.96. The fourth-order valence-corrected chi connectivity index (χ4v) is 1.54. The van der Waals surface area contributed by atoms with Crippen LogP contribution in [0.1, 0.15) is 32.8 Å². The maximum absolute atomic E-state index is 10.9. The van der Waals surface area contributed by atoms with Gasteiger partial charge in [0.05, 0.1) is 11.5 Å². The molecular weight excluding hydrogens is 254 g/mol. The van der Waals surface area contributed by atoms with Gasteiger partial charge in [-0.1, -0.05) is 26.8 Å². The van der Waals surface area contributed by atoms with Gasteiger partial charge in [-0.05, 0) is 23.5 Å². The van der Waals surface area contributed by atoms with E-state index in [1.807, 2.05) is 0 Å². The van der Waals surface area contributed by atoms with Gasteiger partial charge in [0.1, 0.15) is 0 Å². The van der Waals surface area contributed by atoms with Gasteiger partial charge in [-0.15, -0.1) is 11.6 Å². The lowest BCUT2D eigenvalue weighted by atomic mass is 9.93. The number of ether oxygens (including phenoxy) is 1. The summed E-state index contributed by atoms with van der Waals surface area (Å²) in [6.07, 6.45) is 0.829. The number of nitro groups is 1. The minimum absolute atomic E-state index is 0.0159. The fourth-order valence-electron chi connectivity index (χ4n) is 1.38. The first-order valence-electron chi connectivity index (χ1n) is 5.79. The molecule has 0 unspecified atom stereocenters. The average molecular weight is 272 g/mol. The van der Waals surface area contributed by atoms with Crippen LogP contribution in [0.2, 0.25) is 0 Å². The van der Waals surface area contributed by atoms with Crippen molar-refractivity contribution in [3.05, 3.63) is 33.9 Å². The zero-order valence-corrected chi connectivity index (χ0v) is 11.7. The van der Waals surface area contributed by atoms with E-state index < -0.39 is 4.92 Å². The minimum Gasteiger partial charge on any atom is -0.487 e. The van der Waals surface area contributed by atoms with E-state index in [0.29, 0.717) is 18.2 Å². The fraction of sp³-hybridized carbons (Fsp3) is 0.538. The van der Waals surface area contributed by atoms with Crippen LogP contribution in [0.5, 0.6) is 5.75 Å². The van der Waals surface area contributed by atoms with E-state index in [4.69, 9.17) is 16.3 Å². The topological polar surface area (TPSA) is 52.4 Å². The van der Waals surface area contributed by atoms with E-state index in [2.05, 4.69) is 20.8 Å². The SMILES string of the molecule is CC(C)(C)CCOc1cc(CCl)ccc1[N+](=O)[O-]. The molecule has 0 atom stereocenters. The van der Waals surface area contributed by atoms with Crippen molar-refractivity contribution in [2.45, 2.75) is 33.1 Å². The Bertz CT molecular complexity index is 427. The van der Waals surface area contributed by atoms with Crippen LogP contribution in [0.3, 0.4) is 0 Å². The van der Waals surface area contributed by atoms with Gasteiger partial charge in [-0.2, -0.15) is 0 Å². The Labute approximate surface area is 112 Å². The van der Waals surface area contributed by atoms with Crippen molar-refractivity contribution in [3.8, 4) is 5.75 Å². The second kappa shape index (κ2) is 6.05. The molecule has 0 saturated carbocycles. The van der Waals surface area contributed by atoms with Gasteiger partial charge in [0.2, 0.25) is 0 Å². The average Bonchev–Trinajstić information content (AvgIpc) is 2.26. The van der Waals surface area contributed by atoms with Crippen molar-refractivity contribution >= 4 is 17.3 Å². The van der Waals surface area contributed by atoms with E-state index in [1.54, 1.807) is 12.1 Å². The molecule has 0 spiro atoms. The number of hydrogen-bond donors (Lipinski definition) is 0. The predicted octanol–water partition coefficient (Wildman–Crippen LogP) is 4.15. The van der Waals surface area contributed by atoms with Gasteiger partial charge in [0.15, 0.2) is 5.75 Å². The Hall–Kier alpha value is -1.29. The highest BCUT2D eigenvalue weighted by Gasteiger charge is 2.17. The number of benzene rings is 1. The molecule has 0 amide bonds. The molecule has 0 bridgehead atoms. The summed E-state index contributed by atoms with van der Waals surface area (Å²) in [5, 5.41) is 10.9. The van der Waals surface area contributed by atoms with Crippen LogP contribution in [-0.4, -0.2) is 11.5 Å². The lowest BCUT2D eigenvalue weighted by Gasteiger charge is -2.18. The second-order valence-corrected chi connectivity index (χ2v) is 5.62.